The molecule has 5 aromatic carbocycles. The quantitative estimate of drug-likeness (QED) is 0.224. The van der Waals surface area contributed by atoms with Gasteiger partial charge in [0, 0.05) is 22.0 Å². The molecule has 40 heavy (non-hydrogen) atoms. The van der Waals surface area contributed by atoms with Crippen LogP contribution in [0.3, 0.4) is 0 Å². The second-order valence-corrected chi connectivity index (χ2v) is 11.6. The van der Waals surface area contributed by atoms with Gasteiger partial charge in [0.05, 0.1) is 33.9 Å². The fourth-order valence-corrected chi connectivity index (χ4v) is 5.77. The summed E-state index contributed by atoms with van der Waals surface area (Å²) in [5, 5.41) is 14.7. The van der Waals surface area contributed by atoms with Gasteiger partial charge in [-0.25, -0.2) is 0 Å². The molecule has 1 fully saturated rings. The maximum Gasteiger partial charge on any atom is 0.494 e. The van der Waals surface area contributed by atoms with Crippen LogP contribution >= 0.6 is 0 Å². The Morgan fingerprint density at radius 2 is 1.27 bits per heavy atom. The molecule has 0 atom stereocenters. The lowest BCUT2D eigenvalue weighted by molar-refractivity contribution is 0.00578. The van der Waals surface area contributed by atoms with Crippen molar-refractivity contribution in [2.24, 2.45) is 0 Å². The fourth-order valence-electron chi connectivity index (χ4n) is 5.77. The Kier molecular flexibility index (Phi) is 5.44. The van der Waals surface area contributed by atoms with Gasteiger partial charge in [0.2, 0.25) is 0 Å². The minimum atomic E-state index is -0.401. The number of nitrogens with zero attached hydrogens (tertiary/aromatic N) is 2. The number of para-hydroxylation sites is 2. The SMILES string of the molecule is CC1(C)OB(c2ccc3cc(-c4cc(-n5c6ccccc6c6ccccc65)ccc4C#N)ccc3c2)OC1(C)C. The van der Waals surface area contributed by atoms with Gasteiger partial charge < -0.3 is 13.9 Å². The van der Waals surface area contributed by atoms with E-state index in [4.69, 9.17) is 9.31 Å². The average Bonchev–Trinajstić information content (AvgIpc) is 3.41. The lowest BCUT2D eigenvalue weighted by Gasteiger charge is -2.32. The number of fused-ring (bicyclic) bond motifs is 4. The van der Waals surface area contributed by atoms with Crippen molar-refractivity contribution < 1.29 is 9.31 Å². The van der Waals surface area contributed by atoms with Gasteiger partial charge >= 0.3 is 7.12 Å². The van der Waals surface area contributed by atoms with Crippen molar-refractivity contribution in [1.29, 1.82) is 5.26 Å². The smallest absolute Gasteiger partial charge is 0.399 e. The molecule has 1 aromatic heterocycles. The second-order valence-electron chi connectivity index (χ2n) is 11.6. The molecule has 0 bridgehead atoms. The first kappa shape index (κ1) is 24.7. The predicted octanol–water partition coefficient (Wildman–Crippen LogP) is 7.77. The Labute approximate surface area is 234 Å². The van der Waals surface area contributed by atoms with Crippen molar-refractivity contribution in [2.75, 3.05) is 0 Å². The lowest BCUT2D eigenvalue weighted by Crippen LogP contribution is -2.41. The van der Waals surface area contributed by atoms with E-state index in [9.17, 15) is 5.26 Å². The Balaban J connectivity index is 1.32. The molecule has 0 aliphatic carbocycles. The highest BCUT2D eigenvalue weighted by molar-refractivity contribution is 6.62. The molecule has 1 saturated heterocycles. The number of hydrogen-bond donors (Lipinski definition) is 0. The highest BCUT2D eigenvalue weighted by Crippen LogP contribution is 2.37. The molecule has 194 valence electrons. The van der Waals surface area contributed by atoms with Crippen molar-refractivity contribution >= 4 is 45.2 Å². The van der Waals surface area contributed by atoms with Crippen LogP contribution in [0.25, 0.3) is 49.4 Å². The van der Waals surface area contributed by atoms with Gasteiger partial charge in [-0.05, 0) is 85.9 Å². The van der Waals surface area contributed by atoms with Crippen LogP contribution in [0.5, 0.6) is 0 Å². The van der Waals surface area contributed by atoms with Crippen molar-refractivity contribution in [3.8, 4) is 22.9 Å². The maximum atomic E-state index is 10.0. The highest BCUT2D eigenvalue weighted by Gasteiger charge is 2.51. The van der Waals surface area contributed by atoms with Crippen LogP contribution in [0.2, 0.25) is 0 Å². The van der Waals surface area contributed by atoms with Gasteiger partial charge in [-0.3, -0.25) is 0 Å². The first-order chi connectivity index (χ1) is 19.3. The van der Waals surface area contributed by atoms with E-state index in [1.54, 1.807) is 0 Å². The van der Waals surface area contributed by atoms with Crippen molar-refractivity contribution in [2.45, 2.75) is 38.9 Å². The molecule has 0 saturated carbocycles. The summed E-state index contributed by atoms with van der Waals surface area (Å²) in [4.78, 5) is 0. The monoisotopic (exact) mass is 520 g/mol. The van der Waals surface area contributed by atoms with E-state index in [0.29, 0.717) is 5.56 Å². The highest BCUT2D eigenvalue weighted by atomic mass is 16.7. The molecule has 4 nitrogen and oxygen atoms in total. The number of benzene rings is 5. The summed E-state index contributed by atoms with van der Waals surface area (Å²) in [6, 6.07) is 38.2. The molecule has 0 unspecified atom stereocenters. The molecule has 6 aromatic rings. The molecule has 1 aliphatic rings. The van der Waals surface area contributed by atoms with Gasteiger partial charge in [0.1, 0.15) is 0 Å². The third kappa shape index (κ3) is 3.76. The molecule has 0 radical (unpaired) electrons. The Bertz CT molecular complexity index is 1930. The van der Waals surface area contributed by atoms with Crippen molar-refractivity contribution in [1.82, 2.24) is 4.57 Å². The second kappa shape index (κ2) is 8.82. The molecule has 1 aliphatic heterocycles. The van der Waals surface area contributed by atoms with Gasteiger partial charge in [0.25, 0.3) is 0 Å². The van der Waals surface area contributed by atoms with Crippen LogP contribution in [0.15, 0.2) is 103 Å². The summed E-state index contributed by atoms with van der Waals surface area (Å²) in [5.74, 6) is 0. The van der Waals surface area contributed by atoms with Gasteiger partial charge in [0.15, 0.2) is 0 Å². The van der Waals surface area contributed by atoms with Crippen LogP contribution in [-0.4, -0.2) is 22.9 Å². The molecule has 0 spiro atoms. The van der Waals surface area contributed by atoms with Gasteiger partial charge in [-0.1, -0.05) is 66.7 Å². The number of aromatic nitrogens is 1. The molecular formula is C35H29BN2O2. The van der Waals surface area contributed by atoms with E-state index in [0.717, 1.165) is 44.1 Å². The van der Waals surface area contributed by atoms with Crippen LogP contribution in [0.1, 0.15) is 33.3 Å². The summed E-state index contributed by atoms with van der Waals surface area (Å²) in [6.07, 6.45) is 0. The van der Waals surface area contributed by atoms with Crippen molar-refractivity contribution in [3.05, 3.63) is 109 Å². The fraction of sp³-hybridized carbons (Fsp3) is 0.171. The van der Waals surface area contributed by atoms with Gasteiger partial charge in [-0.2, -0.15) is 5.26 Å². The molecule has 5 heteroatoms. The topological polar surface area (TPSA) is 47.2 Å². The Morgan fingerprint density at radius 3 is 1.93 bits per heavy atom. The molecule has 0 amide bonds. The number of rotatable bonds is 3. The first-order valence-electron chi connectivity index (χ1n) is 13.7. The number of hydrogen-bond acceptors (Lipinski definition) is 3. The van der Waals surface area contributed by atoms with Crippen LogP contribution in [0.4, 0.5) is 0 Å². The molecule has 7 rings (SSSR count). The molecule has 0 N–H and O–H groups in total. The van der Waals surface area contributed by atoms with Gasteiger partial charge in [-0.15, -0.1) is 0 Å². The standard InChI is InChI=1S/C35H29BN2O2/c1-34(2)35(3,4)40-36(39-34)27-17-15-23-19-25(14-13-24(23)20-27)31-21-28(18-16-26(31)22-37)38-32-11-7-5-9-29(32)30-10-6-8-12-33(30)38/h5-21H,1-4H3. The summed E-state index contributed by atoms with van der Waals surface area (Å²) < 4.78 is 14.8. The zero-order valence-corrected chi connectivity index (χ0v) is 23.1. The first-order valence-corrected chi connectivity index (χ1v) is 13.7. The molecular weight excluding hydrogens is 491 g/mol. The predicted molar refractivity (Wildman–Crippen MR) is 164 cm³/mol. The van der Waals surface area contributed by atoms with E-state index >= 15 is 0 Å². The minimum Gasteiger partial charge on any atom is -0.399 e. The summed E-state index contributed by atoms with van der Waals surface area (Å²) in [5.41, 5.74) is 6.14. The summed E-state index contributed by atoms with van der Waals surface area (Å²) in [6.45, 7) is 8.28. The van der Waals surface area contributed by atoms with Crippen LogP contribution < -0.4 is 5.46 Å². The Hall–Kier alpha value is -4.37. The van der Waals surface area contributed by atoms with Crippen LogP contribution in [-0.2, 0) is 9.31 Å². The minimum absolute atomic E-state index is 0.383. The summed E-state index contributed by atoms with van der Waals surface area (Å²) in [7, 11) is -0.401. The normalized spacial score (nSPS) is 16.1. The maximum absolute atomic E-state index is 10.0. The van der Waals surface area contributed by atoms with E-state index in [1.807, 2.05) is 12.1 Å². The zero-order chi connectivity index (χ0) is 27.6. The van der Waals surface area contributed by atoms with E-state index < -0.39 is 7.12 Å². The van der Waals surface area contributed by atoms with E-state index in [-0.39, 0.29) is 11.2 Å². The Morgan fingerprint density at radius 1 is 0.675 bits per heavy atom. The van der Waals surface area contributed by atoms with E-state index in [1.165, 1.54) is 10.8 Å². The zero-order valence-electron chi connectivity index (χ0n) is 23.1. The average molecular weight is 520 g/mol. The van der Waals surface area contributed by atoms with Crippen LogP contribution in [0, 0.1) is 11.3 Å². The lowest BCUT2D eigenvalue weighted by atomic mass is 9.78. The molecule has 2 heterocycles. The van der Waals surface area contributed by atoms with Crippen molar-refractivity contribution in [3.63, 3.8) is 0 Å². The third-order valence-electron chi connectivity index (χ3n) is 8.66. The summed E-state index contributed by atoms with van der Waals surface area (Å²) >= 11 is 0. The largest absolute Gasteiger partial charge is 0.494 e. The third-order valence-corrected chi connectivity index (χ3v) is 8.66. The van der Waals surface area contributed by atoms with E-state index in [2.05, 4.69) is 129 Å². The number of nitriles is 1.